The second kappa shape index (κ2) is 10.0. The molecule has 0 N–H and O–H groups in total. The lowest BCUT2D eigenvalue weighted by Crippen LogP contribution is -2.43. The molecule has 170 valence electrons. The van der Waals surface area contributed by atoms with Crippen molar-refractivity contribution in [2.75, 3.05) is 33.2 Å². The fourth-order valence-electron chi connectivity index (χ4n) is 4.16. The van der Waals surface area contributed by atoms with Gasteiger partial charge in [-0.15, -0.1) is 0 Å². The van der Waals surface area contributed by atoms with Crippen LogP contribution in [0.25, 0.3) is 5.65 Å². The van der Waals surface area contributed by atoms with Crippen molar-refractivity contribution in [2.24, 2.45) is 0 Å². The summed E-state index contributed by atoms with van der Waals surface area (Å²) in [6.07, 6.45) is 7.35. The molecule has 2 aromatic heterocycles. The van der Waals surface area contributed by atoms with E-state index in [0.717, 1.165) is 55.2 Å². The largest absolute Gasteiger partial charge is 0.304 e. The first-order valence-electron chi connectivity index (χ1n) is 11.6. The van der Waals surface area contributed by atoms with Crippen LogP contribution in [0, 0.1) is 11.8 Å². The Kier molecular flexibility index (Phi) is 6.48. The van der Waals surface area contributed by atoms with Crippen molar-refractivity contribution in [3.63, 3.8) is 0 Å². The van der Waals surface area contributed by atoms with Gasteiger partial charge in [-0.25, -0.2) is 4.98 Å². The quantitative estimate of drug-likeness (QED) is 0.346. The first-order chi connectivity index (χ1) is 16.6. The molecule has 0 bridgehead atoms. The first-order valence-corrected chi connectivity index (χ1v) is 11.6. The molecule has 0 atom stereocenters. The minimum absolute atomic E-state index is 0.0938. The van der Waals surface area contributed by atoms with Crippen LogP contribution in [-0.4, -0.2) is 63.2 Å². The van der Waals surface area contributed by atoms with E-state index in [1.54, 1.807) is 18.6 Å². The first kappa shape index (κ1) is 22.0. The number of ketones is 1. The Bertz CT molecular complexity index is 1350. The Hall–Kier alpha value is -3.79. The van der Waals surface area contributed by atoms with Crippen molar-refractivity contribution in [3.05, 3.63) is 101 Å². The van der Waals surface area contributed by atoms with Crippen LogP contribution in [0.5, 0.6) is 0 Å². The Morgan fingerprint density at radius 1 is 0.971 bits per heavy atom. The van der Waals surface area contributed by atoms with Crippen molar-refractivity contribution in [2.45, 2.75) is 13.0 Å². The summed E-state index contributed by atoms with van der Waals surface area (Å²) in [6.45, 7) is 5.40. The molecule has 2 aromatic carbocycles. The highest BCUT2D eigenvalue weighted by atomic mass is 16.1. The molecular formula is C28H27N5O. The van der Waals surface area contributed by atoms with E-state index in [-0.39, 0.29) is 5.78 Å². The number of carbonyl (C=O) groups is 1. The second-order valence-corrected chi connectivity index (χ2v) is 8.77. The second-order valence-electron chi connectivity index (χ2n) is 8.77. The number of nitrogens with zero attached hydrogens (tertiary/aromatic N) is 5. The van der Waals surface area contributed by atoms with Gasteiger partial charge in [-0.05, 0) is 36.2 Å². The zero-order chi connectivity index (χ0) is 23.3. The number of hydrogen-bond donors (Lipinski definition) is 0. The fourth-order valence-corrected chi connectivity index (χ4v) is 4.16. The molecular weight excluding hydrogens is 422 g/mol. The third-order valence-electron chi connectivity index (χ3n) is 6.23. The molecule has 4 aromatic rings. The van der Waals surface area contributed by atoms with E-state index in [1.807, 2.05) is 34.9 Å². The topological polar surface area (TPSA) is 53.7 Å². The summed E-state index contributed by atoms with van der Waals surface area (Å²) in [5, 5.41) is 0. The minimum atomic E-state index is 0.0938. The van der Waals surface area contributed by atoms with E-state index in [9.17, 15) is 4.79 Å². The van der Waals surface area contributed by atoms with Gasteiger partial charge in [0.2, 0.25) is 0 Å². The van der Waals surface area contributed by atoms with E-state index in [4.69, 9.17) is 0 Å². The third kappa shape index (κ3) is 5.23. The van der Waals surface area contributed by atoms with Gasteiger partial charge in [0.25, 0.3) is 0 Å². The lowest BCUT2D eigenvalue weighted by Gasteiger charge is -2.32. The van der Waals surface area contributed by atoms with Gasteiger partial charge in [0.1, 0.15) is 5.69 Å². The lowest BCUT2D eigenvalue weighted by atomic mass is 10.0. The van der Waals surface area contributed by atoms with Crippen LogP contribution in [-0.2, 0) is 13.0 Å². The molecule has 0 spiro atoms. The Morgan fingerprint density at radius 2 is 1.76 bits per heavy atom. The Morgan fingerprint density at radius 3 is 2.59 bits per heavy atom. The Labute approximate surface area is 199 Å². The summed E-state index contributed by atoms with van der Waals surface area (Å²) in [6, 6.07) is 16.0. The maximum absolute atomic E-state index is 12.9. The monoisotopic (exact) mass is 449 g/mol. The number of hydrogen-bond acceptors (Lipinski definition) is 5. The zero-order valence-corrected chi connectivity index (χ0v) is 19.3. The van der Waals surface area contributed by atoms with Gasteiger partial charge < -0.3 is 4.90 Å². The molecule has 0 amide bonds. The van der Waals surface area contributed by atoms with E-state index >= 15 is 0 Å². The average Bonchev–Trinajstić information content (AvgIpc) is 3.29. The van der Waals surface area contributed by atoms with Crippen molar-refractivity contribution in [1.82, 2.24) is 24.2 Å². The van der Waals surface area contributed by atoms with Gasteiger partial charge in [0.05, 0.1) is 12.4 Å². The van der Waals surface area contributed by atoms with Crippen LogP contribution in [0.4, 0.5) is 0 Å². The van der Waals surface area contributed by atoms with Crippen LogP contribution in [0.3, 0.4) is 0 Å². The molecule has 1 aliphatic heterocycles. The molecule has 1 aliphatic rings. The number of fused-ring (bicyclic) bond motifs is 1. The molecule has 0 unspecified atom stereocenters. The van der Waals surface area contributed by atoms with E-state index < -0.39 is 0 Å². The van der Waals surface area contributed by atoms with Gasteiger partial charge in [-0.1, -0.05) is 42.3 Å². The van der Waals surface area contributed by atoms with Gasteiger partial charge in [-0.2, -0.15) is 0 Å². The normalized spacial score (nSPS) is 14.6. The molecule has 0 aliphatic carbocycles. The van der Waals surface area contributed by atoms with Gasteiger partial charge in [0, 0.05) is 62.7 Å². The maximum Gasteiger partial charge on any atom is 0.167 e. The molecule has 6 heteroatoms. The highest BCUT2D eigenvalue weighted by Gasteiger charge is 2.14. The van der Waals surface area contributed by atoms with Crippen LogP contribution < -0.4 is 0 Å². The van der Waals surface area contributed by atoms with E-state index in [0.29, 0.717) is 12.0 Å². The number of likely N-dealkylation sites (N-methyl/N-ethyl adjacent to an activating group) is 1. The van der Waals surface area contributed by atoms with E-state index in [2.05, 4.69) is 62.9 Å². The zero-order valence-electron chi connectivity index (χ0n) is 19.3. The van der Waals surface area contributed by atoms with E-state index in [1.165, 1.54) is 5.56 Å². The summed E-state index contributed by atoms with van der Waals surface area (Å²) < 4.78 is 1.89. The molecule has 1 fully saturated rings. The van der Waals surface area contributed by atoms with Crippen LogP contribution in [0.15, 0.2) is 73.3 Å². The molecule has 3 heterocycles. The molecule has 0 saturated carbocycles. The van der Waals surface area contributed by atoms with Gasteiger partial charge in [0.15, 0.2) is 11.4 Å². The molecule has 6 nitrogen and oxygen atoms in total. The summed E-state index contributed by atoms with van der Waals surface area (Å²) in [5.74, 6) is 6.40. The van der Waals surface area contributed by atoms with Crippen molar-refractivity contribution < 1.29 is 4.79 Å². The van der Waals surface area contributed by atoms with Gasteiger partial charge >= 0.3 is 0 Å². The smallest absolute Gasteiger partial charge is 0.167 e. The minimum Gasteiger partial charge on any atom is -0.304 e. The lowest BCUT2D eigenvalue weighted by molar-refractivity contribution is 0.0993. The summed E-state index contributed by atoms with van der Waals surface area (Å²) in [5.41, 5.74) is 5.34. The SMILES string of the molecule is CN1CCN(Cc2ccc(CC(=O)c3cccc(C#Cc4cnc5cnccn45)c3)cc2)CC1. The number of Topliss-reactive ketones (excluding diaryl/α,β-unsaturated/α-hetero) is 1. The fraction of sp³-hybridized carbons (Fsp3) is 0.250. The number of piperazine rings is 1. The number of aromatic nitrogens is 3. The molecule has 0 radical (unpaired) electrons. The Balaban J connectivity index is 1.23. The summed E-state index contributed by atoms with van der Waals surface area (Å²) in [4.78, 5) is 26.1. The number of rotatable bonds is 5. The van der Waals surface area contributed by atoms with Crippen molar-refractivity contribution >= 4 is 11.4 Å². The maximum atomic E-state index is 12.9. The third-order valence-corrected chi connectivity index (χ3v) is 6.23. The number of imidazole rings is 1. The van der Waals surface area contributed by atoms with Crippen LogP contribution in [0.1, 0.15) is 32.7 Å². The summed E-state index contributed by atoms with van der Waals surface area (Å²) >= 11 is 0. The number of benzene rings is 2. The van der Waals surface area contributed by atoms with Crippen molar-refractivity contribution in [1.29, 1.82) is 0 Å². The van der Waals surface area contributed by atoms with Crippen LogP contribution in [0.2, 0.25) is 0 Å². The predicted molar refractivity (Wildman–Crippen MR) is 133 cm³/mol. The standard InChI is InChI=1S/C28H27N5O/c1-31-13-15-32(16-14-31)21-24-7-5-23(6-8-24)18-27(34)25-4-2-3-22(17-25)9-10-26-19-30-28-20-29-11-12-33(26)28/h2-8,11-12,17,19-20H,13-16,18,21H2,1H3. The molecule has 1 saturated heterocycles. The van der Waals surface area contributed by atoms with Crippen molar-refractivity contribution in [3.8, 4) is 11.8 Å². The molecule has 5 rings (SSSR count). The summed E-state index contributed by atoms with van der Waals surface area (Å²) in [7, 11) is 2.17. The predicted octanol–water partition coefficient (Wildman–Crippen LogP) is 3.30. The van der Waals surface area contributed by atoms with Crippen LogP contribution >= 0.6 is 0 Å². The average molecular weight is 450 g/mol. The molecule has 34 heavy (non-hydrogen) atoms. The highest BCUT2D eigenvalue weighted by molar-refractivity contribution is 5.97. The highest BCUT2D eigenvalue weighted by Crippen LogP contribution is 2.13. The van der Waals surface area contributed by atoms with Gasteiger partial charge in [-0.3, -0.25) is 19.1 Å². The number of carbonyl (C=O) groups excluding carboxylic acids is 1.